The molecule has 3 aromatic rings. The Morgan fingerprint density at radius 2 is 2.00 bits per heavy atom. The Labute approximate surface area is 127 Å². The van der Waals surface area contributed by atoms with Crippen LogP contribution in [0.5, 0.6) is 0 Å². The lowest BCUT2D eigenvalue weighted by Crippen LogP contribution is -2.24. The SMILES string of the molecule is Cc1ccccc1CCC(=O)n1c(=O)[nH]c2ccc(N)cc21. The first-order valence-electron chi connectivity index (χ1n) is 7.14. The second-order valence-corrected chi connectivity index (χ2v) is 5.36. The number of anilines is 1. The molecule has 22 heavy (non-hydrogen) atoms. The summed E-state index contributed by atoms with van der Waals surface area (Å²) in [6, 6.07) is 13.0. The van der Waals surface area contributed by atoms with Gasteiger partial charge in [0.25, 0.3) is 0 Å². The van der Waals surface area contributed by atoms with Gasteiger partial charge < -0.3 is 10.7 Å². The van der Waals surface area contributed by atoms with Gasteiger partial charge in [-0.3, -0.25) is 4.79 Å². The van der Waals surface area contributed by atoms with E-state index in [9.17, 15) is 9.59 Å². The molecule has 0 atom stereocenters. The highest BCUT2D eigenvalue weighted by Crippen LogP contribution is 2.16. The lowest BCUT2D eigenvalue weighted by atomic mass is 10.0. The standard InChI is InChI=1S/C17H17N3O2/c1-11-4-2-3-5-12(11)6-9-16(21)20-15-10-13(18)7-8-14(15)19-17(20)22/h2-5,7-8,10H,6,9,18H2,1H3,(H,19,22). The molecular formula is C17H17N3O2. The number of H-pyrrole nitrogens is 1. The number of imidazole rings is 1. The van der Waals surface area contributed by atoms with Gasteiger partial charge in [0, 0.05) is 12.1 Å². The average Bonchev–Trinajstić information content (AvgIpc) is 2.81. The molecule has 5 nitrogen and oxygen atoms in total. The van der Waals surface area contributed by atoms with E-state index in [2.05, 4.69) is 4.98 Å². The van der Waals surface area contributed by atoms with Gasteiger partial charge in [0.05, 0.1) is 11.0 Å². The van der Waals surface area contributed by atoms with Crippen LogP contribution in [0.2, 0.25) is 0 Å². The first-order valence-corrected chi connectivity index (χ1v) is 7.14. The number of nitrogens with two attached hydrogens (primary N) is 1. The van der Waals surface area contributed by atoms with E-state index in [1.165, 1.54) is 4.57 Å². The number of hydrogen-bond donors (Lipinski definition) is 2. The third-order valence-electron chi connectivity index (χ3n) is 3.83. The van der Waals surface area contributed by atoms with Crippen molar-refractivity contribution in [2.45, 2.75) is 19.8 Å². The zero-order chi connectivity index (χ0) is 15.7. The lowest BCUT2D eigenvalue weighted by molar-refractivity contribution is 0.0904. The second kappa shape index (κ2) is 5.52. The van der Waals surface area contributed by atoms with Crippen LogP contribution in [0.25, 0.3) is 11.0 Å². The van der Waals surface area contributed by atoms with Crippen molar-refractivity contribution < 1.29 is 4.79 Å². The Kier molecular flexibility index (Phi) is 3.55. The first-order chi connectivity index (χ1) is 10.6. The van der Waals surface area contributed by atoms with E-state index in [1.807, 2.05) is 31.2 Å². The van der Waals surface area contributed by atoms with Crippen molar-refractivity contribution >= 4 is 22.6 Å². The molecule has 0 fully saturated rings. The monoisotopic (exact) mass is 295 g/mol. The molecule has 3 N–H and O–H groups in total. The van der Waals surface area contributed by atoms with Gasteiger partial charge in [-0.05, 0) is 42.7 Å². The number of aromatic amines is 1. The minimum Gasteiger partial charge on any atom is -0.399 e. The number of rotatable bonds is 3. The van der Waals surface area contributed by atoms with Crippen LogP contribution in [-0.4, -0.2) is 15.5 Å². The smallest absolute Gasteiger partial charge is 0.333 e. The van der Waals surface area contributed by atoms with Crippen molar-refractivity contribution in [2.75, 3.05) is 5.73 Å². The van der Waals surface area contributed by atoms with Crippen LogP contribution in [-0.2, 0) is 6.42 Å². The molecule has 0 saturated heterocycles. The predicted molar refractivity (Wildman–Crippen MR) is 87.1 cm³/mol. The molecule has 1 heterocycles. The predicted octanol–water partition coefficient (Wildman–Crippen LogP) is 2.49. The van der Waals surface area contributed by atoms with Crippen LogP contribution >= 0.6 is 0 Å². The summed E-state index contributed by atoms with van der Waals surface area (Å²) in [5, 5.41) is 0. The summed E-state index contributed by atoms with van der Waals surface area (Å²) in [5.74, 6) is -0.231. The van der Waals surface area contributed by atoms with Gasteiger partial charge in [-0.15, -0.1) is 0 Å². The molecule has 3 rings (SSSR count). The Balaban J connectivity index is 1.90. The summed E-state index contributed by atoms with van der Waals surface area (Å²) in [6.07, 6.45) is 0.874. The molecule has 0 bridgehead atoms. The minimum atomic E-state index is -0.421. The highest BCUT2D eigenvalue weighted by Gasteiger charge is 2.14. The highest BCUT2D eigenvalue weighted by atomic mass is 16.2. The van der Waals surface area contributed by atoms with E-state index in [1.54, 1.807) is 18.2 Å². The molecule has 0 aliphatic carbocycles. The second-order valence-electron chi connectivity index (χ2n) is 5.36. The molecule has 0 radical (unpaired) electrons. The summed E-state index contributed by atoms with van der Waals surface area (Å²) >= 11 is 0. The molecule has 0 aliphatic heterocycles. The van der Waals surface area contributed by atoms with Gasteiger partial charge >= 0.3 is 5.69 Å². The van der Waals surface area contributed by atoms with Crippen LogP contribution in [0.1, 0.15) is 22.3 Å². The van der Waals surface area contributed by atoms with Crippen LogP contribution in [0, 0.1) is 6.92 Å². The van der Waals surface area contributed by atoms with E-state index in [-0.39, 0.29) is 12.3 Å². The fraction of sp³-hybridized carbons (Fsp3) is 0.176. The lowest BCUT2D eigenvalue weighted by Gasteiger charge is -2.06. The fourth-order valence-corrected chi connectivity index (χ4v) is 2.61. The third kappa shape index (κ3) is 2.53. The molecule has 1 aromatic heterocycles. The summed E-state index contributed by atoms with van der Waals surface area (Å²) in [6.45, 7) is 2.01. The van der Waals surface area contributed by atoms with E-state index >= 15 is 0 Å². The van der Waals surface area contributed by atoms with Gasteiger partial charge in [0.2, 0.25) is 5.91 Å². The van der Waals surface area contributed by atoms with Crippen molar-refractivity contribution in [3.05, 3.63) is 64.1 Å². The Bertz CT molecular complexity index is 906. The van der Waals surface area contributed by atoms with E-state index in [4.69, 9.17) is 5.73 Å². The molecule has 2 aromatic carbocycles. The highest BCUT2D eigenvalue weighted by molar-refractivity contribution is 5.91. The van der Waals surface area contributed by atoms with Crippen molar-refractivity contribution in [1.29, 1.82) is 0 Å². The number of carbonyl (C=O) groups is 1. The number of benzene rings is 2. The molecule has 0 unspecified atom stereocenters. The molecule has 0 spiro atoms. The fourth-order valence-electron chi connectivity index (χ4n) is 2.61. The van der Waals surface area contributed by atoms with Crippen LogP contribution < -0.4 is 11.4 Å². The number of nitrogens with zero attached hydrogens (tertiary/aromatic N) is 1. The zero-order valence-corrected chi connectivity index (χ0v) is 12.3. The Morgan fingerprint density at radius 3 is 2.77 bits per heavy atom. The van der Waals surface area contributed by atoms with Crippen molar-refractivity contribution in [3.63, 3.8) is 0 Å². The maximum atomic E-state index is 12.4. The van der Waals surface area contributed by atoms with E-state index in [0.29, 0.717) is 23.1 Å². The van der Waals surface area contributed by atoms with Crippen LogP contribution in [0.3, 0.4) is 0 Å². The maximum Gasteiger partial charge on any atom is 0.333 e. The normalized spacial score (nSPS) is 11.0. The van der Waals surface area contributed by atoms with Crippen LogP contribution in [0.4, 0.5) is 5.69 Å². The number of nitrogens with one attached hydrogen (secondary N) is 1. The van der Waals surface area contributed by atoms with Crippen molar-refractivity contribution in [3.8, 4) is 0 Å². The van der Waals surface area contributed by atoms with Crippen molar-refractivity contribution in [2.24, 2.45) is 0 Å². The van der Waals surface area contributed by atoms with Gasteiger partial charge in [-0.2, -0.15) is 0 Å². The molecule has 0 amide bonds. The molecule has 0 aliphatic rings. The zero-order valence-electron chi connectivity index (χ0n) is 12.3. The average molecular weight is 295 g/mol. The van der Waals surface area contributed by atoms with E-state index < -0.39 is 5.69 Å². The van der Waals surface area contributed by atoms with E-state index in [0.717, 1.165) is 11.1 Å². The summed E-state index contributed by atoms with van der Waals surface area (Å²) in [5.41, 5.74) is 9.25. The Hall–Kier alpha value is -2.82. The van der Waals surface area contributed by atoms with Gasteiger partial charge in [0.1, 0.15) is 0 Å². The first kappa shape index (κ1) is 14.1. The Morgan fingerprint density at radius 1 is 1.23 bits per heavy atom. The summed E-state index contributed by atoms with van der Waals surface area (Å²) in [4.78, 5) is 27.1. The molecule has 0 saturated carbocycles. The quantitative estimate of drug-likeness (QED) is 0.728. The number of hydrogen-bond acceptors (Lipinski definition) is 3. The van der Waals surface area contributed by atoms with Crippen LogP contribution in [0.15, 0.2) is 47.3 Å². The molecule has 5 heteroatoms. The van der Waals surface area contributed by atoms with Gasteiger partial charge in [-0.1, -0.05) is 24.3 Å². The van der Waals surface area contributed by atoms with Gasteiger partial charge in [0.15, 0.2) is 0 Å². The number of fused-ring (bicyclic) bond motifs is 1. The largest absolute Gasteiger partial charge is 0.399 e. The number of carbonyl (C=O) groups excluding carboxylic acids is 1. The third-order valence-corrected chi connectivity index (χ3v) is 3.83. The number of nitrogen functional groups attached to an aromatic ring is 1. The maximum absolute atomic E-state index is 12.4. The van der Waals surface area contributed by atoms with Gasteiger partial charge in [-0.25, -0.2) is 9.36 Å². The van der Waals surface area contributed by atoms with Crippen molar-refractivity contribution in [1.82, 2.24) is 9.55 Å². The number of aromatic nitrogens is 2. The molecular weight excluding hydrogens is 278 g/mol. The summed E-state index contributed by atoms with van der Waals surface area (Å²) < 4.78 is 1.17. The molecule has 112 valence electrons. The minimum absolute atomic E-state index is 0.231. The number of aryl methyl sites for hydroxylation is 2. The topological polar surface area (TPSA) is 80.9 Å². The summed E-state index contributed by atoms with van der Waals surface area (Å²) in [7, 11) is 0.